The molecular formula is C14H16N4O3. The summed E-state index contributed by atoms with van der Waals surface area (Å²) in [5.41, 5.74) is 7.52. The molecule has 0 saturated carbocycles. The number of amides is 1. The lowest BCUT2D eigenvalue weighted by Crippen LogP contribution is -2.23. The van der Waals surface area contributed by atoms with Gasteiger partial charge in [0.25, 0.3) is 5.91 Å². The summed E-state index contributed by atoms with van der Waals surface area (Å²) < 4.78 is 5.25. The van der Waals surface area contributed by atoms with E-state index in [4.69, 9.17) is 15.4 Å². The molecule has 0 radical (unpaired) electrons. The number of hydrogen-bond acceptors (Lipinski definition) is 5. The van der Waals surface area contributed by atoms with E-state index in [0.29, 0.717) is 23.7 Å². The number of nitrogens with one attached hydrogen (secondary N) is 1. The van der Waals surface area contributed by atoms with E-state index in [-0.39, 0.29) is 17.5 Å². The highest BCUT2D eigenvalue weighted by molar-refractivity contribution is 5.97. The number of aryl methyl sites for hydroxylation is 2. The molecule has 4 N–H and O–H groups in total. The fraction of sp³-hybridized carbons (Fsp3) is 0.214. The van der Waals surface area contributed by atoms with Crippen LogP contribution in [0.3, 0.4) is 0 Å². The minimum atomic E-state index is -0.311. The average molecular weight is 288 g/mol. The maximum absolute atomic E-state index is 12.0. The van der Waals surface area contributed by atoms with E-state index >= 15 is 0 Å². The van der Waals surface area contributed by atoms with Crippen molar-refractivity contribution >= 4 is 11.7 Å². The van der Waals surface area contributed by atoms with Crippen LogP contribution < -0.4 is 11.1 Å². The molecule has 7 heteroatoms. The van der Waals surface area contributed by atoms with Crippen molar-refractivity contribution in [3.63, 3.8) is 0 Å². The van der Waals surface area contributed by atoms with Crippen molar-refractivity contribution in [2.24, 2.45) is 10.9 Å². The van der Waals surface area contributed by atoms with Gasteiger partial charge >= 0.3 is 0 Å². The van der Waals surface area contributed by atoms with Crippen molar-refractivity contribution in [2.75, 3.05) is 0 Å². The molecule has 0 unspecified atom stereocenters. The van der Waals surface area contributed by atoms with Gasteiger partial charge in [0.15, 0.2) is 11.7 Å². The van der Waals surface area contributed by atoms with Crippen LogP contribution in [-0.2, 0) is 6.54 Å². The summed E-state index contributed by atoms with van der Waals surface area (Å²) in [7, 11) is 0. The molecule has 0 aliphatic carbocycles. The van der Waals surface area contributed by atoms with Crippen LogP contribution in [0.1, 0.15) is 33.3 Å². The third kappa shape index (κ3) is 3.38. The minimum absolute atomic E-state index is 0.0401. The molecule has 0 bridgehead atoms. The van der Waals surface area contributed by atoms with Gasteiger partial charge < -0.3 is 20.7 Å². The smallest absolute Gasteiger partial charge is 0.289 e. The second-order valence-corrected chi connectivity index (χ2v) is 4.51. The Labute approximate surface area is 121 Å². The van der Waals surface area contributed by atoms with E-state index in [1.165, 1.54) is 0 Å². The van der Waals surface area contributed by atoms with Gasteiger partial charge in [0.05, 0.1) is 5.69 Å². The molecule has 1 amide bonds. The molecule has 1 heterocycles. The third-order valence-corrected chi connectivity index (χ3v) is 2.92. The van der Waals surface area contributed by atoms with Gasteiger partial charge in [-0.1, -0.05) is 29.4 Å². The number of oxazole rings is 1. The first kappa shape index (κ1) is 14.6. The number of hydrogen-bond donors (Lipinski definition) is 3. The van der Waals surface area contributed by atoms with Gasteiger partial charge in [-0.25, -0.2) is 4.98 Å². The minimum Gasteiger partial charge on any atom is -0.436 e. The Kier molecular flexibility index (Phi) is 4.22. The Morgan fingerprint density at radius 3 is 2.57 bits per heavy atom. The lowest BCUT2D eigenvalue weighted by atomic mass is 10.1. The summed E-state index contributed by atoms with van der Waals surface area (Å²) in [4.78, 5) is 16.0. The van der Waals surface area contributed by atoms with Crippen molar-refractivity contribution in [3.05, 3.63) is 52.7 Å². The fourth-order valence-corrected chi connectivity index (χ4v) is 1.86. The van der Waals surface area contributed by atoms with Gasteiger partial charge in [-0.2, -0.15) is 0 Å². The summed E-state index contributed by atoms with van der Waals surface area (Å²) in [6.45, 7) is 3.75. The highest BCUT2D eigenvalue weighted by atomic mass is 16.4. The van der Waals surface area contributed by atoms with E-state index in [9.17, 15) is 4.79 Å². The Morgan fingerprint density at radius 2 is 2.05 bits per heavy atom. The maximum atomic E-state index is 12.0. The lowest BCUT2D eigenvalue weighted by Gasteiger charge is -2.05. The topological polar surface area (TPSA) is 114 Å². The fourth-order valence-electron chi connectivity index (χ4n) is 1.86. The molecular weight excluding hydrogens is 272 g/mol. The van der Waals surface area contributed by atoms with E-state index in [1.807, 2.05) is 0 Å². The second kappa shape index (κ2) is 6.08. The SMILES string of the molecule is Cc1nc(C)c(C(=O)NCc2ccc(/C(N)=N/O)cc2)o1. The van der Waals surface area contributed by atoms with Gasteiger partial charge in [-0.15, -0.1) is 0 Å². The van der Waals surface area contributed by atoms with Crippen LogP contribution in [0.25, 0.3) is 0 Å². The van der Waals surface area contributed by atoms with Crippen LogP contribution in [0.5, 0.6) is 0 Å². The molecule has 110 valence electrons. The number of benzene rings is 1. The Balaban J connectivity index is 2.00. The highest BCUT2D eigenvalue weighted by Crippen LogP contribution is 2.10. The highest BCUT2D eigenvalue weighted by Gasteiger charge is 2.15. The second-order valence-electron chi connectivity index (χ2n) is 4.51. The quantitative estimate of drug-likeness (QED) is 0.340. The normalized spacial score (nSPS) is 11.4. The standard InChI is InChI=1S/C14H16N4O3/c1-8-12(21-9(2)17-8)14(19)16-7-10-3-5-11(6-4-10)13(15)18-20/h3-6,20H,7H2,1-2H3,(H2,15,18)(H,16,19). The van der Waals surface area contributed by atoms with E-state index in [2.05, 4.69) is 15.5 Å². The van der Waals surface area contributed by atoms with Crippen molar-refractivity contribution in [1.82, 2.24) is 10.3 Å². The van der Waals surface area contributed by atoms with Crippen molar-refractivity contribution in [1.29, 1.82) is 0 Å². The predicted octanol–water partition coefficient (Wildman–Crippen LogP) is 1.32. The first-order chi connectivity index (χ1) is 10.0. The summed E-state index contributed by atoms with van der Waals surface area (Å²) >= 11 is 0. The maximum Gasteiger partial charge on any atom is 0.289 e. The monoisotopic (exact) mass is 288 g/mol. The van der Waals surface area contributed by atoms with Crippen LogP contribution in [-0.4, -0.2) is 21.9 Å². The molecule has 21 heavy (non-hydrogen) atoms. The zero-order valence-corrected chi connectivity index (χ0v) is 11.8. The van der Waals surface area contributed by atoms with E-state index in [1.54, 1.807) is 38.1 Å². The molecule has 0 aliphatic heterocycles. The number of carbonyl (C=O) groups excluding carboxylic acids is 1. The Morgan fingerprint density at radius 1 is 1.38 bits per heavy atom. The summed E-state index contributed by atoms with van der Waals surface area (Å²) in [6, 6.07) is 6.99. The van der Waals surface area contributed by atoms with E-state index in [0.717, 1.165) is 5.56 Å². The molecule has 0 aliphatic rings. The Hall–Kier alpha value is -2.83. The number of nitrogens with two attached hydrogens (primary N) is 1. The first-order valence-corrected chi connectivity index (χ1v) is 6.30. The molecule has 1 aromatic heterocycles. The molecule has 1 aromatic carbocycles. The van der Waals surface area contributed by atoms with Crippen LogP contribution in [0, 0.1) is 13.8 Å². The molecule has 0 atom stereocenters. The largest absolute Gasteiger partial charge is 0.436 e. The average Bonchev–Trinajstić information content (AvgIpc) is 2.83. The number of oxime groups is 1. The van der Waals surface area contributed by atoms with Crippen LogP contribution >= 0.6 is 0 Å². The summed E-state index contributed by atoms with van der Waals surface area (Å²) in [6.07, 6.45) is 0. The molecule has 0 spiro atoms. The van der Waals surface area contributed by atoms with E-state index < -0.39 is 0 Å². The van der Waals surface area contributed by atoms with Crippen LogP contribution in [0.15, 0.2) is 33.8 Å². The first-order valence-electron chi connectivity index (χ1n) is 6.30. The number of carbonyl (C=O) groups is 1. The molecule has 2 aromatic rings. The zero-order chi connectivity index (χ0) is 15.4. The van der Waals surface area contributed by atoms with Gasteiger partial charge in [-0.05, 0) is 12.5 Å². The lowest BCUT2D eigenvalue weighted by molar-refractivity contribution is 0.0921. The number of amidine groups is 1. The van der Waals surface area contributed by atoms with Crippen LogP contribution in [0.4, 0.5) is 0 Å². The predicted molar refractivity (Wildman–Crippen MR) is 76.1 cm³/mol. The van der Waals surface area contributed by atoms with Crippen LogP contribution in [0.2, 0.25) is 0 Å². The van der Waals surface area contributed by atoms with Crippen molar-refractivity contribution in [3.8, 4) is 0 Å². The summed E-state index contributed by atoms with van der Waals surface area (Å²) in [5.74, 6) is 0.411. The third-order valence-electron chi connectivity index (χ3n) is 2.92. The zero-order valence-electron chi connectivity index (χ0n) is 11.8. The number of aromatic nitrogens is 1. The van der Waals surface area contributed by atoms with Gasteiger partial charge in [0, 0.05) is 19.0 Å². The van der Waals surface area contributed by atoms with Gasteiger partial charge in [-0.3, -0.25) is 4.79 Å². The molecule has 2 rings (SSSR count). The molecule has 0 fully saturated rings. The van der Waals surface area contributed by atoms with Gasteiger partial charge in [0.2, 0.25) is 5.76 Å². The number of rotatable bonds is 4. The van der Waals surface area contributed by atoms with Crippen molar-refractivity contribution < 1.29 is 14.4 Å². The van der Waals surface area contributed by atoms with Gasteiger partial charge in [0.1, 0.15) is 0 Å². The molecule has 0 saturated heterocycles. The molecule has 7 nitrogen and oxygen atoms in total. The number of nitrogens with zero attached hydrogens (tertiary/aromatic N) is 2. The Bertz CT molecular complexity index is 674. The summed E-state index contributed by atoms with van der Waals surface area (Å²) in [5, 5.41) is 14.2. The van der Waals surface area contributed by atoms with Crippen molar-refractivity contribution in [2.45, 2.75) is 20.4 Å².